The van der Waals surface area contributed by atoms with Crippen LogP contribution in [-0.2, 0) is 4.79 Å². The molecule has 0 aromatic carbocycles. The van der Waals surface area contributed by atoms with Crippen LogP contribution in [0.4, 0.5) is 4.79 Å². The smallest absolute Gasteiger partial charge is 0.316 e. The van der Waals surface area contributed by atoms with Gasteiger partial charge in [-0.3, -0.25) is 9.80 Å². The Hall–Kier alpha value is -1.43. The van der Waals surface area contributed by atoms with E-state index in [0.717, 1.165) is 51.6 Å². The zero-order valence-corrected chi connectivity index (χ0v) is 17.2. The summed E-state index contributed by atoms with van der Waals surface area (Å²) in [5.41, 5.74) is 0. The van der Waals surface area contributed by atoms with Gasteiger partial charge in [0.1, 0.15) is 6.17 Å². The Labute approximate surface area is 163 Å². The van der Waals surface area contributed by atoms with Crippen molar-refractivity contribution in [3.63, 3.8) is 0 Å². The standard InChI is InChI=1S/C20H37N5O2/c1-4-16-11-7-9-13-24(16)19(25-14-10-8-12-17(25)5-2)18(22-15-26)23-20(27)21-6-3/h16-19H,4-14H2,1-3H3,(H2,21,23,27). The normalized spacial score (nSPS) is 26.6. The number of urea groups is 1. The predicted molar refractivity (Wildman–Crippen MR) is 107 cm³/mol. The number of hydrogen-bond donors (Lipinski definition) is 2. The first-order valence-electron chi connectivity index (χ1n) is 10.8. The molecule has 2 aliphatic rings. The number of rotatable bonds is 8. The molecule has 27 heavy (non-hydrogen) atoms. The number of nitrogens with zero attached hydrogens (tertiary/aromatic N) is 3. The molecule has 3 atom stereocenters. The van der Waals surface area contributed by atoms with Gasteiger partial charge in [0, 0.05) is 31.7 Å². The molecular weight excluding hydrogens is 342 g/mol. The van der Waals surface area contributed by atoms with Crippen molar-refractivity contribution in [1.29, 1.82) is 0 Å². The first kappa shape index (κ1) is 21.9. The van der Waals surface area contributed by atoms with Crippen LogP contribution in [0.2, 0.25) is 0 Å². The third-order valence-corrected chi connectivity index (χ3v) is 6.06. The van der Waals surface area contributed by atoms with Gasteiger partial charge in [-0.15, -0.1) is 0 Å². The maximum absolute atomic E-state index is 12.3. The van der Waals surface area contributed by atoms with Gasteiger partial charge in [-0.05, 0) is 45.4 Å². The molecule has 0 aromatic rings. The summed E-state index contributed by atoms with van der Waals surface area (Å²) in [7, 11) is 0. The van der Waals surface area contributed by atoms with E-state index < -0.39 is 6.17 Å². The van der Waals surface area contributed by atoms with Gasteiger partial charge >= 0.3 is 6.03 Å². The fourth-order valence-corrected chi connectivity index (χ4v) is 4.75. The largest absolute Gasteiger partial charge is 0.338 e. The van der Waals surface area contributed by atoms with E-state index in [1.165, 1.54) is 12.8 Å². The minimum absolute atomic E-state index is 0.0930. The highest BCUT2D eigenvalue weighted by Crippen LogP contribution is 2.30. The molecule has 7 nitrogen and oxygen atoms in total. The Balaban J connectivity index is 2.35. The van der Waals surface area contributed by atoms with Crippen molar-refractivity contribution < 1.29 is 9.59 Å². The Morgan fingerprint density at radius 1 is 1.04 bits per heavy atom. The highest BCUT2D eigenvalue weighted by Gasteiger charge is 2.41. The summed E-state index contributed by atoms with van der Waals surface area (Å²) < 4.78 is 0. The average Bonchev–Trinajstić information content (AvgIpc) is 2.69. The van der Waals surface area contributed by atoms with E-state index in [4.69, 9.17) is 0 Å². The van der Waals surface area contributed by atoms with Gasteiger partial charge in [0.2, 0.25) is 6.08 Å². The lowest BCUT2D eigenvalue weighted by Crippen LogP contribution is -2.65. The van der Waals surface area contributed by atoms with Crippen LogP contribution in [0.5, 0.6) is 0 Å². The number of isocyanates is 1. The van der Waals surface area contributed by atoms with Crippen molar-refractivity contribution in [2.75, 3.05) is 19.6 Å². The lowest BCUT2D eigenvalue weighted by Gasteiger charge is -2.51. The molecule has 0 aliphatic carbocycles. The Morgan fingerprint density at radius 2 is 1.59 bits per heavy atom. The maximum Gasteiger partial charge on any atom is 0.316 e. The van der Waals surface area contributed by atoms with Crippen LogP contribution < -0.4 is 10.6 Å². The molecule has 2 N–H and O–H groups in total. The number of likely N-dealkylation sites (tertiary alicyclic amines) is 2. The van der Waals surface area contributed by atoms with Crippen molar-refractivity contribution >= 4 is 12.1 Å². The number of piperidine rings is 2. The minimum Gasteiger partial charge on any atom is -0.338 e. The summed E-state index contributed by atoms with van der Waals surface area (Å²) in [5, 5.41) is 5.71. The van der Waals surface area contributed by atoms with Gasteiger partial charge in [-0.2, -0.15) is 4.99 Å². The van der Waals surface area contributed by atoms with Gasteiger partial charge < -0.3 is 10.6 Å². The third-order valence-electron chi connectivity index (χ3n) is 6.06. The summed E-state index contributed by atoms with van der Waals surface area (Å²) in [4.78, 5) is 32.5. The molecule has 0 saturated carbocycles. The topological polar surface area (TPSA) is 77.0 Å². The first-order chi connectivity index (χ1) is 13.2. The second-order valence-corrected chi connectivity index (χ2v) is 7.67. The zero-order valence-electron chi connectivity index (χ0n) is 17.2. The number of amides is 2. The highest BCUT2D eigenvalue weighted by atomic mass is 16.2. The molecule has 2 rings (SSSR count). The molecule has 0 radical (unpaired) electrons. The molecule has 3 unspecified atom stereocenters. The maximum atomic E-state index is 12.3. The molecule has 0 aromatic heterocycles. The molecular formula is C20H37N5O2. The second-order valence-electron chi connectivity index (χ2n) is 7.67. The number of carbonyl (C=O) groups is 1. The van der Waals surface area contributed by atoms with Crippen LogP contribution >= 0.6 is 0 Å². The fraction of sp³-hybridized carbons (Fsp3) is 0.900. The molecule has 2 fully saturated rings. The quantitative estimate of drug-likeness (QED) is 0.502. The summed E-state index contributed by atoms with van der Waals surface area (Å²) in [6.45, 7) is 8.84. The van der Waals surface area contributed by atoms with E-state index in [1.807, 2.05) is 6.92 Å². The van der Waals surface area contributed by atoms with Crippen LogP contribution in [0.1, 0.15) is 72.1 Å². The van der Waals surface area contributed by atoms with Crippen molar-refractivity contribution in [1.82, 2.24) is 20.4 Å². The van der Waals surface area contributed by atoms with E-state index in [1.54, 1.807) is 6.08 Å². The van der Waals surface area contributed by atoms with Gasteiger partial charge in [0.15, 0.2) is 6.17 Å². The SMILES string of the molecule is CCNC(=O)NC(N=C=O)C(N1CCCCC1CC)N1CCCCC1CC. The zero-order chi connectivity index (χ0) is 19.6. The molecule has 2 saturated heterocycles. The molecule has 7 heteroatoms. The second kappa shape index (κ2) is 11.4. The van der Waals surface area contributed by atoms with E-state index in [-0.39, 0.29) is 12.2 Å². The summed E-state index contributed by atoms with van der Waals surface area (Å²) in [6, 6.07) is 0.647. The van der Waals surface area contributed by atoms with Gasteiger partial charge in [-0.1, -0.05) is 26.7 Å². The monoisotopic (exact) mass is 379 g/mol. The number of carbonyl (C=O) groups excluding carboxylic acids is 2. The van der Waals surface area contributed by atoms with Gasteiger partial charge in [-0.25, -0.2) is 9.59 Å². The highest BCUT2D eigenvalue weighted by molar-refractivity contribution is 5.74. The molecule has 2 aliphatic heterocycles. The Morgan fingerprint density at radius 3 is 2.04 bits per heavy atom. The van der Waals surface area contributed by atoms with Crippen molar-refractivity contribution in [3.05, 3.63) is 0 Å². The van der Waals surface area contributed by atoms with Gasteiger partial charge in [0.25, 0.3) is 0 Å². The molecule has 2 heterocycles. The number of aliphatic imine (C=N–C) groups is 1. The first-order valence-corrected chi connectivity index (χ1v) is 10.8. The number of nitrogens with one attached hydrogen (secondary N) is 2. The third kappa shape index (κ3) is 5.77. The summed E-state index contributed by atoms with van der Waals surface area (Å²) in [5.74, 6) is 0. The van der Waals surface area contributed by atoms with Crippen molar-refractivity contribution in [2.45, 2.75) is 96.6 Å². The fourth-order valence-electron chi connectivity index (χ4n) is 4.75. The predicted octanol–water partition coefficient (Wildman–Crippen LogP) is 2.82. The van der Waals surface area contributed by atoms with Crippen LogP contribution in [0.15, 0.2) is 4.99 Å². The van der Waals surface area contributed by atoms with Crippen molar-refractivity contribution in [2.24, 2.45) is 4.99 Å². The molecule has 0 spiro atoms. The van der Waals surface area contributed by atoms with Crippen LogP contribution in [0.25, 0.3) is 0 Å². The van der Waals surface area contributed by atoms with E-state index in [2.05, 4.69) is 39.3 Å². The number of hydrogen-bond acceptors (Lipinski definition) is 5. The van der Waals surface area contributed by atoms with E-state index in [0.29, 0.717) is 18.6 Å². The Kier molecular flexibility index (Phi) is 9.25. The van der Waals surface area contributed by atoms with Crippen LogP contribution in [0, 0.1) is 0 Å². The minimum atomic E-state index is -0.603. The van der Waals surface area contributed by atoms with Crippen LogP contribution in [-0.4, -0.2) is 66.0 Å². The average molecular weight is 380 g/mol. The van der Waals surface area contributed by atoms with Gasteiger partial charge in [0.05, 0.1) is 0 Å². The molecule has 154 valence electrons. The lowest BCUT2D eigenvalue weighted by atomic mass is 9.95. The van der Waals surface area contributed by atoms with E-state index in [9.17, 15) is 9.59 Å². The summed E-state index contributed by atoms with van der Waals surface area (Å²) in [6.07, 6.45) is 10.3. The van der Waals surface area contributed by atoms with Crippen LogP contribution in [0.3, 0.4) is 0 Å². The lowest BCUT2D eigenvalue weighted by molar-refractivity contribution is -0.0574. The molecule has 2 amide bonds. The Bertz CT molecular complexity index is 485. The summed E-state index contributed by atoms with van der Waals surface area (Å²) >= 11 is 0. The van der Waals surface area contributed by atoms with Crippen molar-refractivity contribution in [3.8, 4) is 0 Å². The molecule has 0 bridgehead atoms. The van der Waals surface area contributed by atoms with E-state index >= 15 is 0 Å².